The molecular weight excluding hydrogens is 336 g/mol. The summed E-state index contributed by atoms with van der Waals surface area (Å²) >= 11 is 1.39. The van der Waals surface area contributed by atoms with Crippen LogP contribution in [-0.2, 0) is 31.1 Å². The molecule has 1 atom stereocenters. The number of hydrogen-bond acceptors (Lipinski definition) is 5. The van der Waals surface area contributed by atoms with Gasteiger partial charge in [-0.2, -0.15) is 0 Å². The van der Waals surface area contributed by atoms with Crippen LogP contribution in [0.25, 0.3) is 0 Å². The fraction of sp³-hybridized carbons (Fsp3) is 0.444. The van der Waals surface area contributed by atoms with E-state index in [1.165, 1.54) is 29.3 Å². The Morgan fingerprint density at radius 3 is 2.80 bits per heavy atom. The molecule has 0 radical (unpaired) electrons. The summed E-state index contributed by atoms with van der Waals surface area (Å²) in [7, 11) is 1.84. The molecular formula is C18H22N4O2S. The highest BCUT2D eigenvalue weighted by Crippen LogP contribution is 2.27. The third-order valence-electron chi connectivity index (χ3n) is 4.55. The molecule has 0 spiro atoms. The van der Waals surface area contributed by atoms with Crippen LogP contribution in [0.4, 0.5) is 0 Å². The number of benzene rings is 1. The quantitative estimate of drug-likeness (QED) is 0.604. The average Bonchev–Trinajstić information content (AvgIpc) is 3.19. The summed E-state index contributed by atoms with van der Waals surface area (Å²) in [6.07, 6.45) is 4.03. The maximum Gasteiger partial charge on any atom is 0.217 e. The van der Waals surface area contributed by atoms with Gasteiger partial charge in [0, 0.05) is 25.5 Å². The summed E-state index contributed by atoms with van der Waals surface area (Å²) in [6.45, 7) is 1.89. The fourth-order valence-corrected chi connectivity index (χ4v) is 3.98. The summed E-state index contributed by atoms with van der Waals surface area (Å²) in [4.78, 5) is 23.7. The van der Waals surface area contributed by atoms with Crippen molar-refractivity contribution < 1.29 is 9.59 Å². The van der Waals surface area contributed by atoms with Gasteiger partial charge in [0.25, 0.3) is 0 Å². The number of nitrogens with zero attached hydrogens (tertiary/aromatic N) is 3. The van der Waals surface area contributed by atoms with E-state index in [0.717, 1.165) is 18.4 Å². The number of Topliss-reactive ketones (excluding diaryl/α,β-unsaturated/α-hetero) is 1. The van der Waals surface area contributed by atoms with Crippen LogP contribution in [0, 0.1) is 0 Å². The van der Waals surface area contributed by atoms with Gasteiger partial charge in [-0.1, -0.05) is 23.9 Å². The number of aryl methyl sites for hydroxylation is 3. The summed E-state index contributed by atoms with van der Waals surface area (Å²) in [5.74, 6) is 0.428. The maximum atomic E-state index is 12.7. The molecule has 3 rings (SSSR count). The number of rotatable bonds is 7. The van der Waals surface area contributed by atoms with Crippen LogP contribution >= 0.6 is 11.8 Å². The lowest BCUT2D eigenvalue weighted by Gasteiger charge is -2.11. The average molecular weight is 358 g/mol. The second-order valence-corrected chi connectivity index (χ2v) is 7.69. The predicted molar refractivity (Wildman–Crippen MR) is 96.6 cm³/mol. The minimum absolute atomic E-state index is 0.0985. The number of aromatic nitrogens is 3. The van der Waals surface area contributed by atoms with E-state index < -0.39 is 0 Å². The Kier molecular flexibility index (Phi) is 5.22. The molecule has 2 N–H and O–H groups in total. The van der Waals surface area contributed by atoms with E-state index in [0.29, 0.717) is 17.4 Å². The third kappa shape index (κ3) is 3.92. The molecule has 0 fully saturated rings. The highest BCUT2D eigenvalue weighted by atomic mass is 32.2. The first-order chi connectivity index (χ1) is 12.0. The molecule has 2 aromatic rings. The lowest BCUT2D eigenvalue weighted by molar-refractivity contribution is -0.118. The molecule has 1 amide bonds. The molecule has 0 saturated heterocycles. The second-order valence-electron chi connectivity index (χ2n) is 6.39. The Bertz CT molecular complexity index is 815. The molecule has 0 saturated carbocycles. The van der Waals surface area contributed by atoms with Gasteiger partial charge in [-0.15, -0.1) is 10.2 Å². The molecule has 0 bridgehead atoms. The van der Waals surface area contributed by atoms with Crippen molar-refractivity contribution in [3.8, 4) is 0 Å². The van der Waals surface area contributed by atoms with Crippen molar-refractivity contribution in [3.05, 3.63) is 40.7 Å². The Morgan fingerprint density at radius 1 is 1.28 bits per heavy atom. The lowest BCUT2D eigenvalue weighted by atomic mass is 10.0. The van der Waals surface area contributed by atoms with Crippen LogP contribution in [0.5, 0.6) is 0 Å². The largest absolute Gasteiger partial charge is 0.370 e. The molecule has 25 heavy (non-hydrogen) atoms. The minimum atomic E-state index is -0.364. The molecule has 1 heterocycles. The Morgan fingerprint density at radius 2 is 2.04 bits per heavy atom. The van der Waals surface area contributed by atoms with Crippen molar-refractivity contribution in [2.75, 3.05) is 0 Å². The topological polar surface area (TPSA) is 90.9 Å². The van der Waals surface area contributed by atoms with Gasteiger partial charge in [-0.25, -0.2) is 0 Å². The Hall–Kier alpha value is -2.15. The molecule has 132 valence electrons. The van der Waals surface area contributed by atoms with Crippen LogP contribution in [-0.4, -0.2) is 31.7 Å². The summed E-state index contributed by atoms with van der Waals surface area (Å²) in [5, 5.41) is 8.64. The zero-order valence-corrected chi connectivity index (χ0v) is 15.3. The standard InChI is InChI=1S/C18H22N4O2S/c1-11(17(24)14-7-6-12-4-3-5-13(12)10-14)25-18-21-20-16(22(18)2)9-8-15(19)23/h6-7,10-11H,3-5,8-9H2,1-2H3,(H2,19,23)/t11-/m1/s1. The number of fused-ring (bicyclic) bond motifs is 1. The Labute approximate surface area is 151 Å². The summed E-state index contributed by atoms with van der Waals surface area (Å²) in [5.41, 5.74) is 8.60. The first-order valence-corrected chi connectivity index (χ1v) is 9.33. The van der Waals surface area contributed by atoms with Crippen LogP contribution in [0.15, 0.2) is 23.4 Å². The smallest absolute Gasteiger partial charge is 0.217 e. The van der Waals surface area contributed by atoms with E-state index in [2.05, 4.69) is 16.3 Å². The molecule has 0 aliphatic heterocycles. The highest BCUT2D eigenvalue weighted by Gasteiger charge is 2.22. The molecule has 7 heteroatoms. The molecule has 1 aliphatic rings. The third-order valence-corrected chi connectivity index (χ3v) is 5.69. The van der Waals surface area contributed by atoms with Gasteiger partial charge in [-0.3, -0.25) is 9.59 Å². The molecule has 1 aromatic carbocycles. The van der Waals surface area contributed by atoms with Crippen LogP contribution in [0.2, 0.25) is 0 Å². The van der Waals surface area contributed by atoms with Gasteiger partial charge in [0.05, 0.1) is 5.25 Å². The number of carbonyl (C=O) groups is 2. The SMILES string of the molecule is C[C@@H](Sc1nnc(CCC(N)=O)n1C)C(=O)c1ccc2c(c1)CCC2. The van der Waals surface area contributed by atoms with E-state index in [4.69, 9.17) is 5.73 Å². The first kappa shape index (κ1) is 17.7. The van der Waals surface area contributed by atoms with Crippen molar-refractivity contribution >= 4 is 23.5 Å². The van der Waals surface area contributed by atoms with E-state index in [1.54, 1.807) is 0 Å². The van der Waals surface area contributed by atoms with Gasteiger partial charge >= 0.3 is 0 Å². The predicted octanol–water partition coefficient (Wildman–Crippen LogP) is 2.09. The van der Waals surface area contributed by atoms with Crippen molar-refractivity contribution in [1.29, 1.82) is 0 Å². The zero-order valence-electron chi connectivity index (χ0n) is 14.5. The van der Waals surface area contributed by atoms with Crippen molar-refractivity contribution in [2.45, 2.75) is 49.4 Å². The lowest BCUT2D eigenvalue weighted by Crippen LogP contribution is -2.15. The number of ketones is 1. The molecule has 0 unspecified atom stereocenters. The van der Waals surface area contributed by atoms with E-state index in [1.807, 2.05) is 30.7 Å². The van der Waals surface area contributed by atoms with E-state index in [9.17, 15) is 9.59 Å². The number of thioether (sulfide) groups is 1. The number of hydrogen-bond donors (Lipinski definition) is 1. The van der Waals surface area contributed by atoms with Gasteiger partial charge in [0.2, 0.25) is 5.91 Å². The first-order valence-electron chi connectivity index (χ1n) is 8.45. The maximum absolute atomic E-state index is 12.7. The van der Waals surface area contributed by atoms with E-state index >= 15 is 0 Å². The highest BCUT2D eigenvalue weighted by molar-refractivity contribution is 8.00. The van der Waals surface area contributed by atoms with Gasteiger partial charge in [0.1, 0.15) is 5.82 Å². The van der Waals surface area contributed by atoms with Gasteiger partial charge in [0.15, 0.2) is 10.9 Å². The van der Waals surface area contributed by atoms with Crippen molar-refractivity contribution in [2.24, 2.45) is 12.8 Å². The van der Waals surface area contributed by atoms with E-state index in [-0.39, 0.29) is 23.4 Å². The summed E-state index contributed by atoms with van der Waals surface area (Å²) in [6, 6.07) is 6.05. The van der Waals surface area contributed by atoms with Crippen molar-refractivity contribution in [1.82, 2.24) is 14.8 Å². The molecule has 6 nitrogen and oxygen atoms in total. The Balaban J connectivity index is 1.68. The normalized spacial score (nSPS) is 14.3. The van der Waals surface area contributed by atoms with Gasteiger partial charge in [-0.05, 0) is 43.4 Å². The molecule has 1 aromatic heterocycles. The number of nitrogens with two attached hydrogens (primary N) is 1. The van der Waals surface area contributed by atoms with Crippen LogP contribution in [0.3, 0.4) is 0 Å². The molecule has 1 aliphatic carbocycles. The van der Waals surface area contributed by atoms with Crippen LogP contribution in [0.1, 0.15) is 47.1 Å². The summed E-state index contributed by atoms with van der Waals surface area (Å²) < 4.78 is 1.82. The van der Waals surface area contributed by atoms with Crippen molar-refractivity contribution in [3.63, 3.8) is 0 Å². The fourth-order valence-electron chi connectivity index (χ4n) is 3.07. The zero-order chi connectivity index (χ0) is 18.0. The second kappa shape index (κ2) is 7.39. The van der Waals surface area contributed by atoms with Crippen LogP contribution < -0.4 is 5.73 Å². The minimum Gasteiger partial charge on any atom is -0.370 e. The monoisotopic (exact) mass is 358 g/mol. The number of primary amides is 1. The number of carbonyl (C=O) groups excluding carboxylic acids is 2. The number of amides is 1. The van der Waals surface area contributed by atoms with Gasteiger partial charge < -0.3 is 10.3 Å².